The Morgan fingerprint density at radius 3 is 2.07 bits per heavy atom. The molecule has 0 N–H and O–H groups in total. The summed E-state index contributed by atoms with van der Waals surface area (Å²) in [5, 5.41) is 0. The lowest BCUT2D eigenvalue weighted by Gasteiger charge is -2.35. The highest BCUT2D eigenvalue weighted by molar-refractivity contribution is 6.01. The molecular formula is C23H25NO4. The molecule has 0 saturated carbocycles. The van der Waals surface area contributed by atoms with Crippen molar-refractivity contribution in [3.8, 4) is 0 Å². The van der Waals surface area contributed by atoms with Gasteiger partial charge < -0.3 is 9.47 Å². The molecule has 0 bridgehead atoms. The molecule has 1 fully saturated rings. The Morgan fingerprint density at radius 2 is 1.57 bits per heavy atom. The SMILES string of the molecule is C=C[C@H]1CC(C(=O)OC)(C(=O)OC)[C@@H](c2ccccc2)N1Cc1ccccc1. The van der Waals surface area contributed by atoms with Crippen molar-refractivity contribution < 1.29 is 19.1 Å². The number of esters is 2. The van der Waals surface area contributed by atoms with Crippen LogP contribution in [-0.4, -0.2) is 37.1 Å². The fourth-order valence-corrected chi connectivity index (χ4v) is 4.20. The molecule has 0 aromatic heterocycles. The van der Waals surface area contributed by atoms with E-state index >= 15 is 0 Å². The number of hydrogen-bond acceptors (Lipinski definition) is 5. The van der Waals surface area contributed by atoms with E-state index in [2.05, 4.69) is 11.5 Å². The lowest BCUT2D eigenvalue weighted by Crippen LogP contribution is -2.45. The van der Waals surface area contributed by atoms with E-state index in [1.54, 1.807) is 6.08 Å². The van der Waals surface area contributed by atoms with Crippen molar-refractivity contribution in [3.63, 3.8) is 0 Å². The first-order valence-electron chi connectivity index (χ1n) is 9.22. The zero-order valence-corrected chi connectivity index (χ0v) is 16.2. The molecule has 0 aliphatic carbocycles. The van der Waals surface area contributed by atoms with Crippen LogP contribution in [-0.2, 0) is 25.6 Å². The number of hydrogen-bond donors (Lipinski definition) is 0. The lowest BCUT2D eigenvalue weighted by atomic mass is 9.76. The fourth-order valence-electron chi connectivity index (χ4n) is 4.20. The van der Waals surface area contributed by atoms with Crippen molar-refractivity contribution in [3.05, 3.63) is 84.4 Å². The summed E-state index contributed by atoms with van der Waals surface area (Å²) in [6.07, 6.45) is 2.04. The third-order valence-electron chi connectivity index (χ3n) is 5.45. The Hall–Kier alpha value is -2.92. The van der Waals surface area contributed by atoms with Crippen molar-refractivity contribution >= 4 is 11.9 Å². The molecule has 0 unspecified atom stereocenters. The van der Waals surface area contributed by atoms with Crippen LogP contribution < -0.4 is 0 Å². The van der Waals surface area contributed by atoms with E-state index in [0.29, 0.717) is 6.54 Å². The van der Waals surface area contributed by atoms with Crippen molar-refractivity contribution in [2.75, 3.05) is 14.2 Å². The highest BCUT2D eigenvalue weighted by Gasteiger charge is 2.63. The Balaban J connectivity index is 2.17. The maximum absolute atomic E-state index is 13.0. The van der Waals surface area contributed by atoms with Crippen LogP contribution in [0.1, 0.15) is 23.6 Å². The summed E-state index contributed by atoms with van der Waals surface area (Å²) < 4.78 is 10.2. The lowest BCUT2D eigenvalue weighted by molar-refractivity contribution is -0.171. The molecule has 3 rings (SSSR count). The molecular weight excluding hydrogens is 354 g/mol. The van der Waals surface area contributed by atoms with Crippen LogP contribution in [0, 0.1) is 5.41 Å². The number of carbonyl (C=O) groups excluding carboxylic acids is 2. The Labute approximate surface area is 165 Å². The van der Waals surface area contributed by atoms with Gasteiger partial charge in [0, 0.05) is 12.6 Å². The van der Waals surface area contributed by atoms with Crippen molar-refractivity contribution in [2.45, 2.75) is 25.0 Å². The molecule has 28 heavy (non-hydrogen) atoms. The van der Waals surface area contributed by atoms with Gasteiger partial charge in [-0.05, 0) is 17.5 Å². The molecule has 2 atom stereocenters. The number of rotatable bonds is 6. The molecule has 5 nitrogen and oxygen atoms in total. The average molecular weight is 379 g/mol. The standard InChI is InChI=1S/C23H25NO4/c1-4-19-15-23(21(25)27-2,22(26)28-3)20(18-13-9-6-10-14-18)24(19)16-17-11-7-5-8-12-17/h4-14,19-20H,1,15-16H2,2-3H3/t19-,20+/m0/s1. The minimum Gasteiger partial charge on any atom is -0.468 e. The van der Waals surface area contributed by atoms with E-state index in [9.17, 15) is 9.59 Å². The number of carbonyl (C=O) groups is 2. The van der Waals surface area contributed by atoms with Gasteiger partial charge in [0.15, 0.2) is 5.41 Å². The smallest absolute Gasteiger partial charge is 0.325 e. The van der Waals surface area contributed by atoms with Gasteiger partial charge >= 0.3 is 11.9 Å². The maximum atomic E-state index is 13.0. The molecule has 146 valence electrons. The Bertz CT molecular complexity index is 818. The summed E-state index contributed by atoms with van der Waals surface area (Å²) in [7, 11) is 2.61. The fraction of sp³-hybridized carbons (Fsp3) is 0.304. The molecule has 0 radical (unpaired) electrons. The summed E-state index contributed by atoms with van der Waals surface area (Å²) in [5.74, 6) is -1.17. The second kappa shape index (κ2) is 8.40. The van der Waals surface area contributed by atoms with Crippen molar-refractivity contribution in [1.29, 1.82) is 0 Å². The minimum atomic E-state index is -1.46. The largest absolute Gasteiger partial charge is 0.468 e. The summed E-state index contributed by atoms with van der Waals surface area (Å²) in [6.45, 7) is 4.51. The van der Waals surface area contributed by atoms with E-state index in [-0.39, 0.29) is 12.5 Å². The van der Waals surface area contributed by atoms with E-state index in [0.717, 1.165) is 11.1 Å². The molecule has 2 aromatic rings. The zero-order chi connectivity index (χ0) is 20.1. The Kier molecular flexibility index (Phi) is 5.95. The minimum absolute atomic E-state index is 0.191. The van der Waals surface area contributed by atoms with Gasteiger partial charge in [-0.2, -0.15) is 0 Å². The van der Waals surface area contributed by atoms with Gasteiger partial charge in [0.1, 0.15) is 0 Å². The third kappa shape index (κ3) is 3.34. The monoisotopic (exact) mass is 379 g/mol. The van der Waals surface area contributed by atoms with Crippen LogP contribution in [0.5, 0.6) is 0 Å². The number of nitrogens with zero attached hydrogens (tertiary/aromatic N) is 1. The average Bonchev–Trinajstić information content (AvgIpc) is 3.08. The maximum Gasteiger partial charge on any atom is 0.325 e. The second-order valence-electron chi connectivity index (χ2n) is 6.93. The predicted molar refractivity (Wildman–Crippen MR) is 106 cm³/mol. The normalized spacial score (nSPS) is 21.1. The van der Waals surface area contributed by atoms with Crippen molar-refractivity contribution in [2.24, 2.45) is 5.41 Å². The van der Waals surface area contributed by atoms with E-state index in [1.807, 2.05) is 60.7 Å². The first-order chi connectivity index (χ1) is 13.6. The second-order valence-corrected chi connectivity index (χ2v) is 6.93. The molecule has 2 aromatic carbocycles. The summed E-state index contributed by atoms with van der Waals surface area (Å²) in [4.78, 5) is 28.1. The first-order valence-corrected chi connectivity index (χ1v) is 9.22. The van der Waals surface area contributed by atoms with Gasteiger partial charge in [0.05, 0.1) is 20.3 Å². The van der Waals surface area contributed by atoms with Crippen LogP contribution in [0.15, 0.2) is 73.3 Å². The molecule has 0 spiro atoms. The van der Waals surface area contributed by atoms with E-state index in [4.69, 9.17) is 9.47 Å². The van der Waals surface area contributed by atoms with Gasteiger partial charge in [0.2, 0.25) is 0 Å². The van der Waals surface area contributed by atoms with Gasteiger partial charge in [-0.1, -0.05) is 66.7 Å². The van der Waals surface area contributed by atoms with Crippen LogP contribution in [0.4, 0.5) is 0 Å². The first kappa shape index (κ1) is 19.8. The topological polar surface area (TPSA) is 55.8 Å². The van der Waals surface area contributed by atoms with Gasteiger partial charge in [-0.3, -0.25) is 14.5 Å². The molecule has 0 amide bonds. The number of benzene rings is 2. The van der Waals surface area contributed by atoms with E-state index < -0.39 is 23.4 Å². The van der Waals surface area contributed by atoms with Gasteiger partial charge in [0.25, 0.3) is 0 Å². The number of methoxy groups -OCH3 is 2. The van der Waals surface area contributed by atoms with Crippen LogP contribution in [0.25, 0.3) is 0 Å². The summed E-state index contributed by atoms with van der Waals surface area (Å²) >= 11 is 0. The Morgan fingerprint density at radius 1 is 1.04 bits per heavy atom. The highest BCUT2D eigenvalue weighted by atomic mass is 16.5. The molecule has 1 heterocycles. The summed E-state index contributed by atoms with van der Waals surface area (Å²) in [6, 6.07) is 18.8. The van der Waals surface area contributed by atoms with Crippen LogP contribution >= 0.6 is 0 Å². The molecule has 1 saturated heterocycles. The van der Waals surface area contributed by atoms with Crippen molar-refractivity contribution in [1.82, 2.24) is 4.90 Å². The third-order valence-corrected chi connectivity index (χ3v) is 5.45. The highest BCUT2D eigenvalue weighted by Crippen LogP contribution is 2.52. The molecule has 1 aliphatic rings. The number of ether oxygens (including phenoxy) is 2. The summed E-state index contributed by atoms with van der Waals surface area (Å²) in [5.41, 5.74) is 0.484. The molecule has 5 heteroatoms. The van der Waals surface area contributed by atoms with E-state index in [1.165, 1.54) is 14.2 Å². The molecule has 1 aliphatic heterocycles. The quantitative estimate of drug-likeness (QED) is 0.437. The van der Waals surface area contributed by atoms with Gasteiger partial charge in [-0.25, -0.2) is 0 Å². The van der Waals surface area contributed by atoms with Gasteiger partial charge in [-0.15, -0.1) is 6.58 Å². The zero-order valence-electron chi connectivity index (χ0n) is 16.2. The van der Waals surface area contributed by atoms with Crippen LogP contribution in [0.2, 0.25) is 0 Å². The number of likely N-dealkylation sites (tertiary alicyclic amines) is 1. The predicted octanol–water partition coefficient (Wildman–Crippen LogP) is 3.52. The van der Waals surface area contributed by atoms with Crippen LogP contribution in [0.3, 0.4) is 0 Å².